The van der Waals surface area contributed by atoms with Gasteiger partial charge in [-0.25, -0.2) is 0 Å². The van der Waals surface area contributed by atoms with E-state index in [1.807, 2.05) is 0 Å². The van der Waals surface area contributed by atoms with Crippen LogP contribution in [0.5, 0.6) is 0 Å². The highest BCUT2D eigenvalue weighted by Crippen LogP contribution is 2.10. The smallest absolute Gasteiger partial charge is 0.0799 e. The van der Waals surface area contributed by atoms with Crippen LogP contribution in [0.1, 0.15) is 52.4 Å². The van der Waals surface area contributed by atoms with Crippen LogP contribution in [0.3, 0.4) is 0 Å². The molecule has 0 aliphatic carbocycles. The molecule has 0 heterocycles. The Morgan fingerprint density at radius 2 is 1.17 bits per heavy atom. The van der Waals surface area contributed by atoms with Gasteiger partial charge in [0.1, 0.15) is 0 Å². The van der Waals surface area contributed by atoms with E-state index in [1.54, 1.807) is 0 Å². The zero-order valence-electron chi connectivity index (χ0n) is 8.29. The molecule has 0 radical (unpaired) electrons. The maximum Gasteiger partial charge on any atom is 0.0799 e. The Kier molecular flexibility index (Phi) is 7.51. The Morgan fingerprint density at radius 3 is 1.42 bits per heavy atom. The van der Waals surface area contributed by atoms with Gasteiger partial charge in [-0.15, -0.1) is 0 Å². The summed E-state index contributed by atoms with van der Waals surface area (Å²) in [4.78, 5) is 0. The molecular weight excluding hydrogens is 152 g/mol. The number of aliphatic hydroxyl groups is 2. The fourth-order valence-electron chi connectivity index (χ4n) is 1.21. The van der Waals surface area contributed by atoms with Crippen LogP contribution in [0.2, 0.25) is 0 Å². The normalized spacial score (nSPS) is 16.0. The molecule has 0 fully saturated rings. The third-order valence-corrected chi connectivity index (χ3v) is 2.15. The van der Waals surface area contributed by atoms with Gasteiger partial charge >= 0.3 is 0 Å². The van der Waals surface area contributed by atoms with Crippen molar-refractivity contribution in [3.8, 4) is 0 Å². The molecule has 2 atom stereocenters. The third-order valence-electron chi connectivity index (χ3n) is 2.15. The predicted molar refractivity (Wildman–Crippen MR) is 51.1 cm³/mol. The van der Waals surface area contributed by atoms with Gasteiger partial charge in [0.2, 0.25) is 0 Å². The molecule has 0 aromatic rings. The maximum absolute atomic E-state index is 9.43. The summed E-state index contributed by atoms with van der Waals surface area (Å²) in [7, 11) is 0. The zero-order chi connectivity index (χ0) is 9.40. The molecule has 0 bridgehead atoms. The minimum Gasteiger partial charge on any atom is -0.390 e. The van der Waals surface area contributed by atoms with E-state index in [9.17, 15) is 10.2 Å². The first kappa shape index (κ1) is 11.9. The Morgan fingerprint density at radius 1 is 0.833 bits per heavy atom. The summed E-state index contributed by atoms with van der Waals surface area (Å²) in [6.45, 7) is 4.18. The van der Waals surface area contributed by atoms with Crippen molar-refractivity contribution in [2.75, 3.05) is 0 Å². The molecule has 0 aromatic carbocycles. The quantitative estimate of drug-likeness (QED) is 0.620. The van der Waals surface area contributed by atoms with E-state index in [0.717, 1.165) is 38.5 Å². The van der Waals surface area contributed by atoms with Crippen molar-refractivity contribution in [2.45, 2.75) is 64.6 Å². The average molecular weight is 174 g/mol. The Balaban J connectivity index is 3.39. The molecule has 0 unspecified atom stereocenters. The van der Waals surface area contributed by atoms with E-state index in [0.29, 0.717) is 0 Å². The standard InChI is InChI=1S/C10H22O2/c1-3-5-7-9(11)10(12)8-6-4-2/h9-12H,3-8H2,1-2H3/t9-,10-/m0/s1. The minimum atomic E-state index is -0.503. The van der Waals surface area contributed by atoms with Crippen LogP contribution in [0.25, 0.3) is 0 Å². The number of unbranched alkanes of at least 4 members (excludes halogenated alkanes) is 2. The van der Waals surface area contributed by atoms with Gasteiger partial charge in [-0.05, 0) is 12.8 Å². The lowest BCUT2D eigenvalue weighted by atomic mass is 10.0. The number of rotatable bonds is 7. The van der Waals surface area contributed by atoms with Crippen LogP contribution in [-0.2, 0) is 0 Å². The van der Waals surface area contributed by atoms with E-state index in [1.165, 1.54) is 0 Å². The fraction of sp³-hybridized carbons (Fsp3) is 1.00. The van der Waals surface area contributed by atoms with Gasteiger partial charge < -0.3 is 10.2 Å². The Hall–Kier alpha value is -0.0800. The van der Waals surface area contributed by atoms with Gasteiger partial charge in [0, 0.05) is 0 Å². The molecule has 0 aromatic heterocycles. The average Bonchev–Trinajstić information content (AvgIpc) is 2.10. The van der Waals surface area contributed by atoms with Gasteiger partial charge in [-0.1, -0.05) is 39.5 Å². The molecule has 0 saturated carbocycles. The van der Waals surface area contributed by atoms with Crippen molar-refractivity contribution in [1.29, 1.82) is 0 Å². The zero-order valence-corrected chi connectivity index (χ0v) is 8.29. The van der Waals surface area contributed by atoms with Crippen LogP contribution < -0.4 is 0 Å². The third kappa shape index (κ3) is 5.56. The SMILES string of the molecule is CCCC[C@H](O)[C@@H](O)CCCC. The van der Waals surface area contributed by atoms with Crippen LogP contribution in [0, 0.1) is 0 Å². The molecule has 0 saturated heterocycles. The van der Waals surface area contributed by atoms with Crippen molar-refractivity contribution < 1.29 is 10.2 Å². The molecule has 2 nitrogen and oxygen atoms in total. The van der Waals surface area contributed by atoms with Gasteiger partial charge in [0.25, 0.3) is 0 Å². The summed E-state index contributed by atoms with van der Waals surface area (Å²) in [5.74, 6) is 0. The largest absolute Gasteiger partial charge is 0.390 e. The molecule has 0 aliphatic heterocycles. The highest BCUT2D eigenvalue weighted by molar-refractivity contribution is 4.66. The second kappa shape index (κ2) is 7.56. The first-order valence-electron chi connectivity index (χ1n) is 5.08. The van der Waals surface area contributed by atoms with Gasteiger partial charge in [-0.3, -0.25) is 0 Å². The summed E-state index contributed by atoms with van der Waals surface area (Å²) < 4.78 is 0. The summed E-state index contributed by atoms with van der Waals surface area (Å²) in [6.07, 6.45) is 4.64. The second-order valence-corrected chi connectivity index (χ2v) is 3.42. The molecule has 0 spiro atoms. The lowest BCUT2D eigenvalue weighted by Gasteiger charge is -2.16. The van der Waals surface area contributed by atoms with Crippen molar-refractivity contribution in [3.05, 3.63) is 0 Å². The van der Waals surface area contributed by atoms with Gasteiger partial charge in [0.05, 0.1) is 12.2 Å². The molecule has 0 rings (SSSR count). The predicted octanol–water partition coefficient (Wildman–Crippen LogP) is 2.09. The Bertz CT molecular complexity index is 81.8. The van der Waals surface area contributed by atoms with Crippen LogP contribution in [0.15, 0.2) is 0 Å². The highest BCUT2D eigenvalue weighted by atomic mass is 16.3. The van der Waals surface area contributed by atoms with Crippen molar-refractivity contribution in [3.63, 3.8) is 0 Å². The van der Waals surface area contributed by atoms with Crippen molar-refractivity contribution in [2.24, 2.45) is 0 Å². The number of aliphatic hydroxyl groups excluding tert-OH is 2. The minimum absolute atomic E-state index is 0.503. The monoisotopic (exact) mass is 174 g/mol. The molecule has 0 aliphatic rings. The highest BCUT2D eigenvalue weighted by Gasteiger charge is 2.14. The van der Waals surface area contributed by atoms with Crippen molar-refractivity contribution in [1.82, 2.24) is 0 Å². The maximum atomic E-state index is 9.43. The number of hydrogen-bond donors (Lipinski definition) is 2. The van der Waals surface area contributed by atoms with E-state index in [-0.39, 0.29) is 0 Å². The molecular formula is C10H22O2. The Labute approximate surface area is 75.6 Å². The molecule has 2 N–H and O–H groups in total. The second-order valence-electron chi connectivity index (χ2n) is 3.42. The summed E-state index contributed by atoms with van der Waals surface area (Å²) in [5, 5.41) is 18.9. The first-order chi connectivity index (χ1) is 5.72. The molecule has 2 heteroatoms. The molecule has 12 heavy (non-hydrogen) atoms. The van der Waals surface area contributed by atoms with Gasteiger partial charge in [-0.2, -0.15) is 0 Å². The summed E-state index contributed by atoms with van der Waals surface area (Å²) >= 11 is 0. The van der Waals surface area contributed by atoms with E-state index in [2.05, 4.69) is 13.8 Å². The summed E-state index contributed by atoms with van der Waals surface area (Å²) in [5.41, 5.74) is 0. The van der Waals surface area contributed by atoms with E-state index < -0.39 is 12.2 Å². The first-order valence-corrected chi connectivity index (χ1v) is 5.08. The van der Waals surface area contributed by atoms with Crippen LogP contribution in [0.4, 0.5) is 0 Å². The van der Waals surface area contributed by atoms with Crippen LogP contribution >= 0.6 is 0 Å². The lowest BCUT2D eigenvalue weighted by molar-refractivity contribution is 0.00764. The topological polar surface area (TPSA) is 40.5 Å². The lowest BCUT2D eigenvalue weighted by Crippen LogP contribution is -2.25. The molecule has 74 valence electrons. The van der Waals surface area contributed by atoms with Crippen LogP contribution in [-0.4, -0.2) is 22.4 Å². The summed E-state index contributed by atoms with van der Waals surface area (Å²) in [6, 6.07) is 0. The number of hydrogen-bond acceptors (Lipinski definition) is 2. The van der Waals surface area contributed by atoms with E-state index in [4.69, 9.17) is 0 Å². The fourth-order valence-corrected chi connectivity index (χ4v) is 1.21. The van der Waals surface area contributed by atoms with E-state index >= 15 is 0 Å². The van der Waals surface area contributed by atoms with Gasteiger partial charge in [0.15, 0.2) is 0 Å². The van der Waals surface area contributed by atoms with Crippen molar-refractivity contribution >= 4 is 0 Å². The molecule has 0 amide bonds.